The first-order chi connectivity index (χ1) is 16.6. The summed E-state index contributed by atoms with van der Waals surface area (Å²) in [7, 11) is 2.16. The van der Waals surface area contributed by atoms with Crippen molar-refractivity contribution in [3.63, 3.8) is 0 Å². The number of likely N-dealkylation sites (tertiary alicyclic amines) is 1. The third kappa shape index (κ3) is 6.81. The zero-order valence-electron chi connectivity index (χ0n) is 20.2. The number of urea groups is 1. The lowest BCUT2D eigenvalue weighted by atomic mass is 9.89. The van der Waals surface area contributed by atoms with Crippen molar-refractivity contribution in [2.24, 2.45) is 0 Å². The van der Waals surface area contributed by atoms with Crippen LogP contribution in [0.3, 0.4) is 0 Å². The monoisotopic (exact) mass is 463 g/mol. The van der Waals surface area contributed by atoms with E-state index in [1.54, 1.807) is 0 Å². The quantitative estimate of drug-likeness (QED) is 0.617. The zero-order valence-corrected chi connectivity index (χ0v) is 20.2. The standard InChI is InChI=1S/C27H37N5O2/c1-30-16-18-31(19-17-30)14-7-13-28-26(33)23-9-5-8-22(20-23)24-10-6-15-32(21-24)27(34)29-25-11-3-2-4-12-25/h2-5,8-9,11-12,20,24H,6-7,10,13-19,21H2,1H3,(H,28,33)(H,29,34). The number of nitrogens with zero attached hydrogens (tertiary/aromatic N) is 3. The van der Waals surface area contributed by atoms with Gasteiger partial charge in [-0.3, -0.25) is 4.79 Å². The van der Waals surface area contributed by atoms with Crippen molar-refractivity contribution < 1.29 is 9.59 Å². The Morgan fingerprint density at radius 1 is 0.971 bits per heavy atom. The van der Waals surface area contributed by atoms with E-state index in [9.17, 15) is 9.59 Å². The summed E-state index contributed by atoms with van der Waals surface area (Å²) in [5, 5.41) is 6.07. The number of amides is 3. The lowest BCUT2D eigenvalue weighted by Gasteiger charge is -2.33. The number of piperidine rings is 1. The minimum atomic E-state index is -0.0647. The van der Waals surface area contributed by atoms with Crippen molar-refractivity contribution in [3.05, 3.63) is 65.7 Å². The molecule has 2 saturated heterocycles. The Hall–Kier alpha value is -2.90. The van der Waals surface area contributed by atoms with E-state index in [1.165, 1.54) is 0 Å². The molecule has 4 rings (SSSR count). The van der Waals surface area contributed by atoms with Gasteiger partial charge in [0.25, 0.3) is 5.91 Å². The molecule has 2 heterocycles. The van der Waals surface area contributed by atoms with Crippen molar-refractivity contribution in [1.82, 2.24) is 20.0 Å². The lowest BCUT2D eigenvalue weighted by Crippen LogP contribution is -2.45. The van der Waals surface area contributed by atoms with E-state index in [0.29, 0.717) is 18.7 Å². The summed E-state index contributed by atoms with van der Waals surface area (Å²) in [6.07, 6.45) is 2.93. The first-order valence-corrected chi connectivity index (χ1v) is 12.5. The SMILES string of the molecule is CN1CCN(CCCNC(=O)c2cccc(C3CCCN(C(=O)Nc4ccccc4)C3)c2)CC1. The molecule has 2 aromatic rings. The number of anilines is 1. The van der Waals surface area contributed by atoms with Crippen molar-refractivity contribution >= 4 is 17.6 Å². The Morgan fingerprint density at radius 2 is 1.76 bits per heavy atom. The molecule has 0 saturated carbocycles. The van der Waals surface area contributed by atoms with Gasteiger partial charge >= 0.3 is 6.03 Å². The van der Waals surface area contributed by atoms with Crippen LogP contribution in [0.2, 0.25) is 0 Å². The maximum Gasteiger partial charge on any atom is 0.321 e. The molecule has 3 amide bonds. The van der Waals surface area contributed by atoms with Gasteiger partial charge in [-0.05, 0) is 62.7 Å². The van der Waals surface area contributed by atoms with Crippen LogP contribution >= 0.6 is 0 Å². The summed E-state index contributed by atoms with van der Waals surface area (Å²) in [4.78, 5) is 32.2. The maximum atomic E-state index is 12.7. The number of carbonyl (C=O) groups excluding carboxylic acids is 2. The minimum Gasteiger partial charge on any atom is -0.352 e. The molecule has 0 spiro atoms. The topological polar surface area (TPSA) is 67.9 Å². The molecule has 2 N–H and O–H groups in total. The van der Waals surface area contributed by atoms with Gasteiger partial charge in [-0.1, -0.05) is 30.3 Å². The molecule has 2 aliphatic heterocycles. The summed E-state index contributed by atoms with van der Waals surface area (Å²) in [5.41, 5.74) is 2.63. The predicted octanol–water partition coefficient (Wildman–Crippen LogP) is 3.47. The second kappa shape index (κ2) is 12.0. The summed E-state index contributed by atoms with van der Waals surface area (Å²) in [5.74, 6) is 0.218. The normalized spacial score (nSPS) is 19.6. The van der Waals surface area contributed by atoms with Crippen LogP contribution in [0.5, 0.6) is 0 Å². The average Bonchev–Trinajstić information content (AvgIpc) is 2.88. The molecule has 0 radical (unpaired) electrons. The van der Waals surface area contributed by atoms with Gasteiger partial charge in [-0.2, -0.15) is 0 Å². The fourth-order valence-electron chi connectivity index (χ4n) is 4.77. The van der Waals surface area contributed by atoms with E-state index >= 15 is 0 Å². The third-order valence-electron chi connectivity index (χ3n) is 6.89. The Morgan fingerprint density at radius 3 is 2.56 bits per heavy atom. The van der Waals surface area contributed by atoms with Gasteiger partial charge < -0.3 is 25.3 Å². The Kier molecular flexibility index (Phi) is 8.55. The van der Waals surface area contributed by atoms with Crippen molar-refractivity contribution in [1.29, 1.82) is 0 Å². The number of para-hydroxylation sites is 1. The second-order valence-electron chi connectivity index (χ2n) is 9.46. The molecule has 34 heavy (non-hydrogen) atoms. The fourth-order valence-corrected chi connectivity index (χ4v) is 4.77. The largest absolute Gasteiger partial charge is 0.352 e. The summed E-state index contributed by atoms with van der Waals surface area (Å²) in [6, 6.07) is 17.4. The van der Waals surface area contributed by atoms with Gasteiger partial charge in [0.2, 0.25) is 0 Å². The van der Waals surface area contributed by atoms with Crippen molar-refractivity contribution in [2.75, 3.05) is 64.7 Å². The van der Waals surface area contributed by atoms with E-state index in [4.69, 9.17) is 0 Å². The average molecular weight is 464 g/mol. The summed E-state index contributed by atoms with van der Waals surface area (Å²) in [6.45, 7) is 7.57. The van der Waals surface area contributed by atoms with Gasteiger partial charge in [0.15, 0.2) is 0 Å². The molecule has 2 aromatic carbocycles. The molecule has 7 nitrogen and oxygen atoms in total. The molecule has 1 unspecified atom stereocenters. The van der Waals surface area contributed by atoms with Crippen LogP contribution in [-0.4, -0.2) is 86.0 Å². The van der Waals surface area contributed by atoms with Crippen molar-refractivity contribution in [3.8, 4) is 0 Å². The number of carbonyl (C=O) groups is 2. The molecular formula is C27H37N5O2. The van der Waals surface area contributed by atoms with E-state index < -0.39 is 0 Å². The molecule has 0 aromatic heterocycles. The number of nitrogens with one attached hydrogen (secondary N) is 2. The first-order valence-electron chi connectivity index (χ1n) is 12.5. The molecule has 182 valence electrons. The first kappa shape index (κ1) is 24.2. The van der Waals surface area contributed by atoms with E-state index in [0.717, 1.165) is 69.8 Å². The number of piperazine rings is 1. The second-order valence-corrected chi connectivity index (χ2v) is 9.46. The highest BCUT2D eigenvalue weighted by atomic mass is 16.2. The highest BCUT2D eigenvalue weighted by Gasteiger charge is 2.25. The molecule has 0 aliphatic carbocycles. The van der Waals surface area contributed by atoms with Crippen LogP contribution in [0, 0.1) is 0 Å². The van der Waals surface area contributed by atoms with Crippen LogP contribution in [0.4, 0.5) is 10.5 Å². The number of benzene rings is 2. The van der Waals surface area contributed by atoms with Gasteiger partial charge in [0.05, 0.1) is 0 Å². The summed E-state index contributed by atoms with van der Waals surface area (Å²) >= 11 is 0. The molecule has 7 heteroatoms. The third-order valence-corrected chi connectivity index (χ3v) is 6.89. The van der Waals surface area contributed by atoms with Crippen molar-refractivity contribution in [2.45, 2.75) is 25.2 Å². The van der Waals surface area contributed by atoms with Crippen LogP contribution in [-0.2, 0) is 0 Å². The predicted molar refractivity (Wildman–Crippen MR) is 136 cm³/mol. The number of hydrogen-bond acceptors (Lipinski definition) is 4. The van der Waals surface area contributed by atoms with Crippen LogP contribution < -0.4 is 10.6 Å². The minimum absolute atomic E-state index is 0.0188. The van der Waals surface area contributed by atoms with Gasteiger partial charge in [-0.15, -0.1) is 0 Å². The van der Waals surface area contributed by atoms with E-state index in [2.05, 4.69) is 33.5 Å². The highest BCUT2D eigenvalue weighted by molar-refractivity contribution is 5.94. The van der Waals surface area contributed by atoms with Gasteiger partial charge in [0, 0.05) is 63.0 Å². The van der Waals surface area contributed by atoms with Crippen LogP contribution in [0.25, 0.3) is 0 Å². The highest BCUT2D eigenvalue weighted by Crippen LogP contribution is 2.28. The van der Waals surface area contributed by atoms with Gasteiger partial charge in [-0.25, -0.2) is 4.79 Å². The number of rotatable bonds is 7. The van der Waals surface area contributed by atoms with Gasteiger partial charge in [0.1, 0.15) is 0 Å². The number of hydrogen-bond donors (Lipinski definition) is 2. The molecular weight excluding hydrogens is 426 g/mol. The molecule has 2 fully saturated rings. The maximum absolute atomic E-state index is 12.7. The Bertz CT molecular complexity index is 943. The zero-order chi connectivity index (χ0) is 23.8. The smallest absolute Gasteiger partial charge is 0.321 e. The Balaban J connectivity index is 1.26. The van der Waals surface area contributed by atoms with E-state index in [-0.39, 0.29) is 17.9 Å². The molecule has 0 bridgehead atoms. The lowest BCUT2D eigenvalue weighted by molar-refractivity contribution is 0.0949. The van der Waals surface area contributed by atoms with E-state index in [1.807, 2.05) is 53.4 Å². The van der Waals surface area contributed by atoms with Crippen LogP contribution in [0.1, 0.15) is 41.1 Å². The van der Waals surface area contributed by atoms with Crippen LogP contribution in [0.15, 0.2) is 54.6 Å². The molecule has 1 atom stereocenters. The molecule has 2 aliphatic rings. The fraction of sp³-hybridized carbons (Fsp3) is 0.481. The summed E-state index contributed by atoms with van der Waals surface area (Å²) < 4.78 is 0. The number of likely N-dealkylation sites (N-methyl/N-ethyl adjacent to an activating group) is 1. The Labute approximate surface area is 203 Å².